The van der Waals surface area contributed by atoms with Crippen LogP contribution in [0.1, 0.15) is 34.5 Å². The summed E-state index contributed by atoms with van der Waals surface area (Å²) < 4.78 is 14.9. The Morgan fingerprint density at radius 2 is 1.95 bits per heavy atom. The summed E-state index contributed by atoms with van der Waals surface area (Å²) in [5.74, 6) is -1.06. The maximum absolute atomic E-state index is 13.9. The SMILES string of the molecule is C[C@H](NCc1ccc(C(N)=O)cc1F)c1ccc(Br)cc1. The first kappa shape index (κ1) is 15.7. The Kier molecular flexibility index (Phi) is 5.09. The van der Waals surface area contributed by atoms with E-state index >= 15 is 0 Å². The number of halogens is 2. The highest BCUT2D eigenvalue weighted by molar-refractivity contribution is 9.10. The second kappa shape index (κ2) is 6.83. The van der Waals surface area contributed by atoms with Gasteiger partial charge in [0.15, 0.2) is 0 Å². The average molecular weight is 351 g/mol. The summed E-state index contributed by atoms with van der Waals surface area (Å²) in [6, 6.07) is 12.3. The zero-order valence-corrected chi connectivity index (χ0v) is 13.2. The van der Waals surface area contributed by atoms with Gasteiger partial charge in [-0.25, -0.2) is 4.39 Å². The molecule has 2 rings (SSSR count). The first-order chi connectivity index (χ1) is 9.97. The van der Waals surface area contributed by atoms with E-state index < -0.39 is 11.7 Å². The quantitative estimate of drug-likeness (QED) is 0.866. The molecule has 110 valence electrons. The van der Waals surface area contributed by atoms with Crippen LogP contribution >= 0.6 is 15.9 Å². The van der Waals surface area contributed by atoms with Gasteiger partial charge in [-0.2, -0.15) is 0 Å². The van der Waals surface area contributed by atoms with Crippen molar-refractivity contribution in [3.05, 3.63) is 69.4 Å². The van der Waals surface area contributed by atoms with E-state index in [4.69, 9.17) is 5.73 Å². The van der Waals surface area contributed by atoms with E-state index in [9.17, 15) is 9.18 Å². The van der Waals surface area contributed by atoms with Crippen LogP contribution in [0.15, 0.2) is 46.9 Å². The van der Waals surface area contributed by atoms with Gasteiger partial charge >= 0.3 is 0 Å². The van der Waals surface area contributed by atoms with Gasteiger partial charge in [-0.15, -0.1) is 0 Å². The van der Waals surface area contributed by atoms with Crippen LogP contribution in [0.25, 0.3) is 0 Å². The molecule has 0 heterocycles. The Morgan fingerprint density at radius 3 is 2.52 bits per heavy atom. The van der Waals surface area contributed by atoms with Crippen molar-refractivity contribution in [2.24, 2.45) is 5.73 Å². The van der Waals surface area contributed by atoms with Crippen molar-refractivity contribution in [3.63, 3.8) is 0 Å². The minimum Gasteiger partial charge on any atom is -0.366 e. The van der Waals surface area contributed by atoms with Crippen molar-refractivity contribution in [2.45, 2.75) is 19.5 Å². The van der Waals surface area contributed by atoms with Crippen LogP contribution in [0.4, 0.5) is 4.39 Å². The highest BCUT2D eigenvalue weighted by Gasteiger charge is 2.09. The lowest BCUT2D eigenvalue weighted by molar-refractivity contribution is 0.1000. The molecule has 0 bridgehead atoms. The van der Waals surface area contributed by atoms with E-state index in [1.807, 2.05) is 31.2 Å². The molecule has 5 heteroatoms. The number of benzene rings is 2. The molecule has 0 saturated carbocycles. The monoisotopic (exact) mass is 350 g/mol. The normalized spacial score (nSPS) is 12.1. The fraction of sp³-hybridized carbons (Fsp3) is 0.188. The molecule has 1 amide bonds. The number of rotatable bonds is 5. The Hall–Kier alpha value is -1.72. The molecule has 0 aliphatic rings. The fourth-order valence-corrected chi connectivity index (χ4v) is 2.24. The molecular formula is C16H16BrFN2O. The third kappa shape index (κ3) is 4.12. The minimum absolute atomic E-state index is 0.0910. The molecule has 0 radical (unpaired) electrons. The van der Waals surface area contributed by atoms with Gasteiger partial charge in [0.2, 0.25) is 5.91 Å². The minimum atomic E-state index is -0.628. The van der Waals surface area contributed by atoms with Gasteiger partial charge in [0, 0.05) is 28.2 Å². The Bertz CT molecular complexity index is 643. The molecular weight excluding hydrogens is 335 g/mol. The molecule has 3 N–H and O–H groups in total. The number of hydrogen-bond acceptors (Lipinski definition) is 2. The van der Waals surface area contributed by atoms with E-state index in [0.717, 1.165) is 10.0 Å². The predicted octanol–water partition coefficient (Wildman–Crippen LogP) is 3.54. The Labute approximate surface area is 131 Å². The van der Waals surface area contributed by atoms with Gasteiger partial charge < -0.3 is 11.1 Å². The van der Waals surface area contributed by atoms with Gasteiger partial charge in [0.05, 0.1) is 0 Å². The summed E-state index contributed by atoms with van der Waals surface area (Å²) in [5.41, 5.74) is 6.92. The molecule has 0 aliphatic heterocycles. The number of nitrogens with one attached hydrogen (secondary N) is 1. The standard InChI is InChI=1S/C16H16BrFN2O/c1-10(11-4-6-14(17)7-5-11)20-9-13-3-2-12(16(19)21)8-15(13)18/h2-8,10,20H,9H2,1H3,(H2,19,21)/t10-/m0/s1. The first-order valence-corrected chi connectivity index (χ1v) is 7.33. The maximum atomic E-state index is 13.9. The van der Waals surface area contributed by atoms with Crippen molar-refractivity contribution in [3.8, 4) is 0 Å². The third-order valence-corrected chi connectivity index (χ3v) is 3.83. The number of carbonyl (C=O) groups is 1. The van der Waals surface area contributed by atoms with Crippen molar-refractivity contribution in [2.75, 3.05) is 0 Å². The average Bonchev–Trinajstić information content (AvgIpc) is 2.46. The lowest BCUT2D eigenvalue weighted by Crippen LogP contribution is -2.19. The summed E-state index contributed by atoms with van der Waals surface area (Å²) in [7, 11) is 0. The van der Waals surface area contributed by atoms with E-state index in [-0.39, 0.29) is 11.6 Å². The van der Waals surface area contributed by atoms with Crippen LogP contribution in [0.2, 0.25) is 0 Å². The number of carbonyl (C=O) groups excluding carboxylic acids is 1. The van der Waals surface area contributed by atoms with Crippen LogP contribution in [0.5, 0.6) is 0 Å². The second-order valence-electron chi connectivity index (χ2n) is 4.82. The Morgan fingerprint density at radius 1 is 1.29 bits per heavy atom. The molecule has 0 spiro atoms. The molecule has 0 aliphatic carbocycles. The van der Waals surface area contributed by atoms with Crippen molar-refractivity contribution in [1.29, 1.82) is 0 Å². The van der Waals surface area contributed by atoms with Crippen molar-refractivity contribution in [1.82, 2.24) is 5.32 Å². The topological polar surface area (TPSA) is 55.1 Å². The van der Waals surface area contributed by atoms with Gasteiger partial charge in [-0.05, 0) is 36.8 Å². The smallest absolute Gasteiger partial charge is 0.248 e. The number of amides is 1. The number of primary amides is 1. The molecule has 3 nitrogen and oxygen atoms in total. The lowest BCUT2D eigenvalue weighted by Gasteiger charge is -2.15. The van der Waals surface area contributed by atoms with Crippen LogP contribution < -0.4 is 11.1 Å². The molecule has 0 fully saturated rings. The summed E-state index contributed by atoms with van der Waals surface area (Å²) in [6.45, 7) is 2.39. The van der Waals surface area contributed by atoms with E-state index in [0.29, 0.717) is 12.1 Å². The molecule has 2 aromatic carbocycles. The fourth-order valence-electron chi connectivity index (χ4n) is 1.98. The zero-order chi connectivity index (χ0) is 15.4. The lowest BCUT2D eigenvalue weighted by atomic mass is 10.1. The molecule has 0 aromatic heterocycles. The van der Waals surface area contributed by atoms with Crippen molar-refractivity contribution >= 4 is 21.8 Å². The molecule has 0 saturated heterocycles. The highest BCUT2D eigenvalue weighted by Crippen LogP contribution is 2.18. The maximum Gasteiger partial charge on any atom is 0.248 e. The van der Waals surface area contributed by atoms with Crippen molar-refractivity contribution < 1.29 is 9.18 Å². The summed E-state index contributed by atoms with van der Waals surface area (Å²) >= 11 is 3.39. The summed E-state index contributed by atoms with van der Waals surface area (Å²) in [6.07, 6.45) is 0. The molecule has 21 heavy (non-hydrogen) atoms. The van der Waals surface area contributed by atoms with Gasteiger partial charge in [0.1, 0.15) is 5.82 Å². The number of hydrogen-bond donors (Lipinski definition) is 2. The second-order valence-corrected chi connectivity index (χ2v) is 5.74. The molecule has 0 unspecified atom stereocenters. The largest absolute Gasteiger partial charge is 0.366 e. The van der Waals surface area contributed by atoms with Gasteiger partial charge in [0.25, 0.3) is 0 Å². The summed E-state index contributed by atoms with van der Waals surface area (Å²) in [5, 5.41) is 3.25. The van der Waals surface area contributed by atoms with Crippen LogP contribution in [-0.2, 0) is 6.54 Å². The van der Waals surface area contributed by atoms with E-state index in [1.165, 1.54) is 12.1 Å². The zero-order valence-electron chi connectivity index (χ0n) is 11.6. The van der Waals surface area contributed by atoms with Crippen LogP contribution in [0.3, 0.4) is 0 Å². The highest BCUT2D eigenvalue weighted by atomic mass is 79.9. The molecule has 1 atom stereocenters. The van der Waals surface area contributed by atoms with Gasteiger partial charge in [-0.3, -0.25) is 4.79 Å². The van der Waals surface area contributed by atoms with E-state index in [1.54, 1.807) is 6.07 Å². The van der Waals surface area contributed by atoms with Gasteiger partial charge in [-0.1, -0.05) is 34.1 Å². The molecule has 2 aromatic rings. The predicted molar refractivity (Wildman–Crippen MR) is 84.3 cm³/mol. The first-order valence-electron chi connectivity index (χ1n) is 6.54. The Balaban J connectivity index is 2.02. The van der Waals surface area contributed by atoms with E-state index in [2.05, 4.69) is 21.2 Å². The van der Waals surface area contributed by atoms with Crippen LogP contribution in [0, 0.1) is 5.82 Å². The number of nitrogens with two attached hydrogens (primary N) is 1. The van der Waals surface area contributed by atoms with Crippen LogP contribution in [-0.4, -0.2) is 5.91 Å². The third-order valence-electron chi connectivity index (χ3n) is 3.31. The summed E-state index contributed by atoms with van der Waals surface area (Å²) in [4.78, 5) is 11.0.